The number of H-pyrrole nitrogens is 2. The highest BCUT2D eigenvalue weighted by Crippen LogP contribution is 2.35. The number of hydrogen-bond acceptors (Lipinski definition) is 2. The van der Waals surface area contributed by atoms with Gasteiger partial charge in [0.2, 0.25) is 0 Å². The van der Waals surface area contributed by atoms with Gasteiger partial charge in [0.15, 0.2) is 0 Å². The van der Waals surface area contributed by atoms with Gasteiger partial charge in [0.1, 0.15) is 0 Å². The first-order valence-electron chi connectivity index (χ1n) is 7.74. The molecule has 3 aromatic rings. The zero-order valence-corrected chi connectivity index (χ0v) is 13.2. The highest BCUT2D eigenvalue weighted by Gasteiger charge is 2.18. The fraction of sp³-hybridized carbons (Fsp3) is 0.158. The van der Waals surface area contributed by atoms with Crippen molar-refractivity contribution < 1.29 is 0 Å². The van der Waals surface area contributed by atoms with Crippen LogP contribution in [0.15, 0.2) is 58.8 Å². The molecule has 0 amide bonds. The Morgan fingerprint density at radius 1 is 0.783 bits per heavy atom. The lowest BCUT2D eigenvalue weighted by atomic mass is 10.1. The van der Waals surface area contributed by atoms with E-state index in [4.69, 9.17) is 9.98 Å². The Kier molecular flexibility index (Phi) is 3.23. The molecule has 4 nitrogen and oxygen atoms in total. The quantitative estimate of drug-likeness (QED) is 0.695. The third-order valence-electron chi connectivity index (χ3n) is 4.25. The third-order valence-corrected chi connectivity index (χ3v) is 4.25. The Morgan fingerprint density at radius 2 is 1.26 bits per heavy atom. The van der Waals surface area contributed by atoms with E-state index in [1.54, 1.807) is 0 Å². The number of hydrogen-bond donors (Lipinski definition) is 2. The van der Waals surface area contributed by atoms with Crippen molar-refractivity contribution in [1.29, 1.82) is 0 Å². The predicted molar refractivity (Wildman–Crippen MR) is 94.5 cm³/mol. The smallest absolute Gasteiger partial charge is 0.0893 e. The molecule has 0 spiro atoms. The molecule has 114 valence electrons. The van der Waals surface area contributed by atoms with E-state index in [0.717, 1.165) is 34.2 Å². The van der Waals surface area contributed by atoms with E-state index >= 15 is 0 Å². The van der Waals surface area contributed by atoms with Crippen LogP contribution in [0.4, 0.5) is 11.4 Å². The summed E-state index contributed by atoms with van der Waals surface area (Å²) < 4.78 is 0. The van der Waals surface area contributed by atoms with Crippen LogP contribution in [-0.4, -0.2) is 21.4 Å². The first kappa shape index (κ1) is 13.8. The van der Waals surface area contributed by atoms with Crippen LogP contribution in [0.2, 0.25) is 0 Å². The summed E-state index contributed by atoms with van der Waals surface area (Å²) in [6.07, 6.45) is 4.54. The van der Waals surface area contributed by atoms with Crippen molar-refractivity contribution in [1.82, 2.24) is 9.97 Å². The van der Waals surface area contributed by atoms with Gasteiger partial charge < -0.3 is 9.97 Å². The molecule has 0 unspecified atom stereocenters. The molecule has 23 heavy (non-hydrogen) atoms. The van der Waals surface area contributed by atoms with E-state index in [1.165, 1.54) is 11.1 Å². The fourth-order valence-electron chi connectivity index (χ4n) is 2.82. The van der Waals surface area contributed by atoms with Crippen molar-refractivity contribution in [3.05, 3.63) is 71.3 Å². The van der Waals surface area contributed by atoms with Crippen molar-refractivity contribution in [2.45, 2.75) is 20.3 Å². The lowest BCUT2D eigenvalue weighted by Gasteiger charge is -2.05. The molecule has 0 fully saturated rings. The molecule has 0 atom stereocenters. The normalized spacial score (nSPS) is 14.0. The monoisotopic (exact) mass is 302 g/mol. The molecule has 0 saturated carbocycles. The first-order valence-corrected chi connectivity index (χ1v) is 7.74. The SMILES string of the molecule is Cc1cc2c(cc1C)N=C(c1ccc[nH]1)CC(c1ccc[nH]1)=N2. The van der Waals surface area contributed by atoms with E-state index in [0.29, 0.717) is 6.42 Å². The van der Waals surface area contributed by atoms with E-state index < -0.39 is 0 Å². The number of fused-ring (bicyclic) bond motifs is 1. The Hall–Kier alpha value is -2.88. The van der Waals surface area contributed by atoms with Gasteiger partial charge in [-0.1, -0.05) is 0 Å². The van der Waals surface area contributed by atoms with Crippen LogP contribution in [0.3, 0.4) is 0 Å². The second-order valence-corrected chi connectivity index (χ2v) is 5.89. The topological polar surface area (TPSA) is 56.3 Å². The van der Waals surface area contributed by atoms with Crippen molar-refractivity contribution >= 4 is 22.8 Å². The average molecular weight is 302 g/mol. The molecular weight excluding hydrogens is 284 g/mol. The fourth-order valence-corrected chi connectivity index (χ4v) is 2.82. The molecule has 4 rings (SSSR count). The first-order chi connectivity index (χ1) is 11.2. The minimum Gasteiger partial charge on any atom is -0.360 e. The standard InChI is InChI=1S/C19H18N4/c1-12-9-16-17(10-13(12)2)23-19(15-6-4-8-21-15)11-18(22-16)14-5-3-7-20-14/h3-10,20-21H,11H2,1-2H3. The van der Waals surface area contributed by atoms with Crippen molar-refractivity contribution in [2.24, 2.45) is 9.98 Å². The molecular formula is C19H18N4. The van der Waals surface area contributed by atoms with Gasteiger partial charge in [-0.2, -0.15) is 0 Å². The molecule has 1 aliphatic rings. The largest absolute Gasteiger partial charge is 0.360 e. The maximum atomic E-state index is 4.90. The molecule has 0 radical (unpaired) electrons. The predicted octanol–water partition coefficient (Wildman–Crippen LogP) is 4.60. The average Bonchev–Trinajstić information content (AvgIpc) is 3.21. The summed E-state index contributed by atoms with van der Waals surface area (Å²) in [7, 11) is 0. The number of nitrogens with one attached hydrogen (secondary N) is 2. The summed E-state index contributed by atoms with van der Waals surface area (Å²) >= 11 is 0. The maximum Gasteiger partial charge on any atom is 0.0893 e. The lowest BCUT2D eigenvalue weighted by Crippen LogP contribution is -2.10. The number of aliphatic imine (C=N–C) groups is 2. The van der Waals surface area contributed by atoms with Crippen molar-refractivity contribution in [3.63, 3.8) is 0 Å². The van der Waals surface area contributed by atoms with Gasteiger partial charge >= 0.3 is 0 Å². The van der Waals surface area contributed by atoms with Crippen molar-refractivity contribution in [3.8, 4) is 0 Å². The van der Waals surface area contributed by atoms with Crippen molar-refractivity contribution in [2.75, 3.05) is 0 Å². The third kappa shape index (κ3) is 2.52. The summed E-state index contributed by atoms with van der Waals surface area (Å²) in [5, 5.41) is 0. The molecule has 4 heteroatoms. The van der Waals surface area contributed by atoms with Gasteiger partial charge in [0.25, 0.3) is 0 Å². The molecule has 0 saturated heterocycles. The molecule has 0 bridgehead atoms. The van der Waals surface area contributed by atoms with E-state index in [1.807, 2.05) is 24.5 Å². The van der Waals surface area contributed by atoms with Crippen LogP contribution in [0.1, 0.15) is 28.9 Å². The van der Waals surface area contributed by atoms with E-state index in [-0.39, 0.29) is 0 Å². The van der Waals surface area contributed by atoms with Gasteiger partial charge in [0.05, 0.1) is 34.2 Å². The Morgan fingerprint density at radius 3 is 1.65 bits per heavy atom. The van der Waals surface area contributed by atoms with Gasteiger partial charge in [0, 0.05) is 18.8 Å². The van der Waals surface area contributed by atoms with Gasteiger partial charge in [-0.25, -0.2) is 9.98 Å². The minimum absolute atomic E-state index is 0.688. The highest BCUT2D eigenvalue weighted by molar-refractivity contribution is 6.19. The summed E-state index contributed by atoms with van der Waals surface area (Å²) in [5.41, 5.74) is 8.41. The summed E-state index contributed by atoms with van der Waals surface area (Å²) in [5.74, 6) is 0. The number of benzene rings is 1. The number of aryl methyl sites for hydroxylation is 2. The van der Waals surface area contributed by atoms with Crippen LogP contribution in [0, 0.1) is 13.8 Å². The second kappa shape index (κ2) is 5.39. The lowest BCUT2D eigenvalue weighted by molar-refractivity contribution is 1.30. The van der Waals surface area contributed by atoms with Crippen LogP contribution in [-0.2, 0) is 0 Å². The minimum atomic E-state index is 0.688. The van der Waals surface area contributed by atoms with E-state index in [9.17, 15) is 0 Å². The number of rotatable bonds is 2. The zero-order valence-electron chi connectivity index (χ0n) is 13.2. The second-order valence-electron chi connectivity index (χ2n) is 5.89. The number of aromatic amines is 2. The molecule has 2 N–H and O–H groups in total. The maximum absolute atomic E-state index is 4.90. The molecule has 3 heterocycles. The zero-order chi connectivity index (χ0) is 15.8. The molecule has 2 aromatic heterocycles. The van der Waals surface area contributed by atoms with Gasteiger partial charge in [-0.05, 0) is 61.4 Å². The highest BCUT2D eigenvalue weighted by atomic mass is 14.9. The Balaban J connectivity index is 1.92. The summed E-state index contributed by atoms with van der Waals surface area (Å²) in [4.78, 5) is 16.3. The molecule has 0 aliphatic carbocycles. The summed E-state index contributed by atoms with van der Waals surface area (Å²) in [6.45, 7) is 4.22. The Bertz CT molecular complexity index is 822. The molecule has 1 aliphatic heterocycles. The van der Waals surface area contributed by atoms with Crippen LogP contribution in [0.5, 0.6) is 0 Å². The molecule has 1 aromatic carbocycles. The van der Waals surface area contributed by atoms with E-state index in [2.05, 4.69) is 48.1 Å². The van der Waals surface area contributed by atoms with Crippen LogP contribution in [0.25, 0.3) is 0 Å². The van der Waals surface area contributed by atoms with Crippen LogP contribution < -0.4 is 0 Å². The summed E-state index contributed by atoms with van der Waals surface area (Å²) in [6, 6.07) is 12.3. The van der Waals surface area contributed by atoms with Gasteiger partial charge in [-0.15, -0.1) is 0 Å². The van der Waals surface area contributed by atoms with Gasteiger partial charge in [-0.3, -0.25) is 0 Å². The number of nitrogens with zero attached hydrogens (tertiary/aromatic N) is 2. The Labute approximate surface area is 135 Å². The number of aromatic nitrogens is 2. The van der Waals surface area contributed by atoms with Crippen LogP contribution >= 0.6 is 0 Å².